The average Bonchev–Trinajstić information content (AvgIpc) is 3.56. The topological polar surface area (TPSA) is 82.1 Å². The number of aryl methyl sites for hydroxylation is 1. The lowest BCUT2D eigenvalue weighted by atomic mass is 9.71. The van der Waals surface area contributed by atoms with Crippen LogP contribution in [0, 0.1) is 5.41 Å². The van der Waals surface area contributed by atoms with Crippen LogP contribution in [0.4, 0.5) is 0 Å². The molecule has 3 aliphatic rings. The van der Waals surface area contributed by atoms with Crippen molar-refractivity contribution in [2.75, 3.05) is 26.2 Å². The zero-order chi connectivity index (χ0) is 23.9. The molecule has 1 aromatic carbocycles. The third-order valence-corrected chi connectivity index (χ3v) is 7.85. The Hall–Kier alpha value is -3.65. The second-order valence-electron chi connectivity index (χ2n) is 10.1. The van der Waals surface area contributed by atoms with E-state index >= 15 is 0 Å². The van der Waals surface area contributed by atoms with Gasteiger partial charge in [0.2, 0.25) is 5.91 Å². The minimum atomic E-state index is -0.435. The van der Waals surface area contributed by atoms with E-state index in [0.29, 0.717) is 6.42 Å². The van der Waals surface area contributed by atoms with Crippen LogP contribution in [0.2, 0.25) is 0 Å². The number of H-pyrrole nitrogens is 1. The number of hydrogen-bond donors (Lipinski definition) is 2. The third-order valence-electron chi connectivity index (χ3n) is 7.85. The first-order valence-corrected chi connectivity index (χ1v) is 12.3. The van der Waals surface area contributed by atoms with Crippen molar-refractivity contribution >= 4 is 11.5 Å². The number of piperidine rings is 1. The normalized spacial score (nSPS) is 23.6. The van der Waals surface area contributed by atoms with Crippen LogP contribution in [0.5, 0.6) is 0 Å². The predicted octanol–water partition coefficient (Wildman–Crippen LogP) is 2.66. The molecule has 5 heterocycles. The number of dihydropyridines is 1. The Morgan fingerprint density at radius 2 is 1.91 bits per heavy atom. The Bertz CT molecular complexity index is 1240. The predicted molar refractivity (Wildman–Crippen MR) is 134 cm³/mol. The van der Waals surface area contributed by atoms with Crippen LogP contribution in [0.15, 0.2) is 73.5 Å². The summed E-state index contributed by atoms with van der Waals surface area (Å²) in [5.41, 5.74) is 4.18. The molecule has 180 valence electrons. The van der Waals surface area contributed by atoms with Crippen molar-refractivity contribution in [3.63, 3.8) is 0 Å². The molecule has 6 rings (SSSR count). The molecule has 0 bridgehead atoms. The van der Waals surface area contributed by atoms with E-state index in [1.807, 2.05) is 65.6 Å². The Morgan fingerprint density at radius 1 is 1.11 bits per heavy atom. The van der Waals surface area contributed by atoms with E-state index in [0.717, 1.165) is 61.3 Å². The molecule has 8 heteroatoms. The number of likely N-dealkylation sites (tertiary alicyclic amines) is 2. The maximum Gasteiger partial charge on any atom is 0.227 e. The first kappa shape index (κ1) is 21.9. The number of nitrogens with one attached hydrogen (secondary N) is 2. The van der Waals surface area contributed by atoms with Crippen molar-refractivity contribution < 1.29 is 4.79 Å². The standard InChI is InChI=1S/C27H31N7O/c1-32-18-24(17-31-32)27(8-7-22(14-28-27)23-15-29-30-16-23)34-11-9-26(10-12-34)19-33(20-26)25(35)13-21-5-3-2-4-6-21/h2-8,14-18,28H,9-13,19-20H2,1H3,(H,29,30). The summed E-state index contributed by atoms with van der Waals surface area (Å²) in [5.74, 6) is 0.241. The summed E-state index contributed by atoms with van der Waals surface area (Å²) in [7, 11) is 1.96. The maximum absolute atomic E-state index is 12.8. The van der Waals surface area contributed by atoms with Crippen LogP contribution >= 0.6 is 0 Å². The third kappa shape index (κ3) is 3.97. The first-order valence-electron chi connectivity index (χ1n) is 12.3. The molecule has 3 aromatic rings. The number of hydrogen-bond acceptors (Lipinski definition) is 5. The van der Waals surface area contributed by atoms with Crippen molar-refractivity contribution in [1.82, 2.24) is 35.1 Å². The molecule has 0 radical (unpaired) electrons. The Morgan fingerprint density at radius 3 is 2.54 bits per heavy atom. The van der Waals surface area contributed by atoms with Gasteiger partial charge in [-0.2, -0.15) is 10.2 Å². The molecule has 1 atom stereocenters. The van der Waals surface area contributed by atoms with E-state index < -0.39 is 5.66 Å². The summed E-state index contributed by atoms with van der Waals surface area (Å²) >= 11 is 0. The van der Waals surface area contributed by atoms with Gasteiger partial charge < -0.3 is 10.2 Å². The lowest BCUT2D eigenvalue weighted by Gasteiger charge is -2.56. The van der Waals surface area contributed by atoms with Gasteiger partial charge in [0.1, 0.15) is 5.66 Å². The van der Waals surface area contributed by atoms with Crippen LogP contribution < -0.4 is 5.32 Å². The van der Waals surface area contributed by atoms with E-state index in [4.69, 9.17) is 0 Å². The molecule has 2 saturated heterocycles. The van der Waals surface area contributed by atoms with Crippen molar-refractivity contribution in [2.45, 2.75) is 24.9 Å². The molecule has 1 unspecified atom stereocenters. The van der Waals surface area contributed by atoms with Gasteiger partial charge in [-0.3, -0.25) is 19.5 Å². The number of aromatic nitrogens is 4. The molecule has 3 aliphatic heterocycles. The van der Waals surface area contributed by atoms with E-state index in [-0.39, 0.29) is 11.3 Å². The number of amides is 1. The number of rotatable bonds is 5. The van der Waals surface area contributed by atoms with Gasteiger partial charge in [0.25, 0.3) is 0 Å². The quantitative estimate of drug-likeness (QED) is 0.601. The molecule has 35 heavy (non-hydrogen) atoms. The average molecular weight is 470 g/mol. The second kappa shape index (κ2) is 8.53. The summed E-state index contributed by atoms with van der Waals surface area (Å²) in [6.45, 7) is 3.67. The van der Waals surface area contributed by atoms with Crippen LogP contribution in [0.3, 0.4) is 0 Å². The molecule has 1 amide bonds. The fraction of sp³-hybridized carbons (Fsp3) is 0.370. The van der Waals surface area contributed by atoms with Crippen molar-refractivity contribution in [3.8, 4) is 0 Å². The molecule has 2 N–H and O–H groups in total. The minimum absolute atomic E-state index is 0.241. The maximum atomic E-state index is 12.8. The van der Waals surface area contributed by atoms with Crippen molar-refractivity contribution in [2.24, 2.45) is 12.5 Å². The number of nitrogens with zero attached hydrogens (tertiary/aromatic N) is 5. The first-order chi connectivity index (χ1) is 17.1. The van der Waals surface area contributed by atoms with Crippen molar-refractivity contribution in [3.05, 3.63) is 90.2 Å². The molecule has 0 aliphatic carbocycles. The molecule has 1 spiro atoms. The second-order valence-corrected chi connectivity index (χ2v) is 10.1. The van der Waals surface area contributed by atoms with Gasteiger partial charge >= 0.3 is 0 Å². The number of allylic oxidation sites excluding steroid dienone is 2. The summed E-state index contributed by atoms with van der Waals surface area (Å²) in [4.78, 5) is 17.3. The van der Waals surface area contributed by atoms with Gasteiger partial charge in [0.05, 0.1) is 18.8 Å². The van der Waals surface area contributed by atoms with E-state index in [9.17, 15) is 4.79 Å². The fourth-order valence-corrected chi connectivity index (χ4v) is 5.73. The summed E-state index contributed by atoms with van der Waals surface area (Å²) in [5, 5.41) is 15.1. The lowest BCUT2D eigenvalue weighted by Crippen LogP contribution is -2.65. The number of aromatic amines is 1. The highest BCUT2D eigenvalue weighted by Crippen LogP contribution is 2.44. The van der Waals surface area contributed by atoms with Crippen LogP contribution in [-0.4, -0.2) is 61.9 Å². The summed E-state index contributed by atoms with van der Waals surface area (Å²) in [6, 6.07) is 10.0. The molecule has 8 nitrogen and oxygen atoms in total. The SMILES string of the molecule is Cn1cc(C2(N3CCC4(CC3)CN(C(=O)Cc3ccccc3)C4)C=CC(c3cn[nH]c3)=CN2)cn1. The van der Waals surface area contributed by atoms with Crippen LogP contribution in [0.25, 0.3) is 5.57 Å². The van der Waals surface area contributed by atoms with Crippen molar-refractivity contribution in [1.29, 1.82) is 0 Å². The highest BCUT2D eigenvalue weighted by Gasteiger charge is 2.49. The van der Waals surface area contributed by atoms with Gasteiger partial charge in [-0.25, -0.2) is 0 Å². The van der Waals surface area contributed by atoms with Gasteiger partial charge in [0.15, 0.2) is 0 Å². The largest absolute Gasteiger partial charge is 0.365 e. The lowest BCUT2D eigenvalue weighted by molar-refractivity contribution is -0.147. The van der Waals surface area contributed by atoms with Crippen LogP contribution in [0.1, 0.15) is 29.5 Å². The van der Waals surface area contributed by atoms with E-state index in [1.165, 1.54) is 0 Å². The highest BCUT2D eigenvalue weighted by molar-refractivity contribution is 5.79. The Labute approximate surface area is 205 Å². The smallest absolute Gasteiger partial charge is 0.227 e. The number of carbonyl (C=O) groups excluding carboxylic acids is 1. The zero-order valence-electron chi connectivity index (χ0n) is 20.0. The van der Waals surface area contributed by atoms with Gasteiger partial charge in [0, 0.05) is 73.9 Å². The van der Waals surface area contributed by atoms with Gasteiger partial charge in [-0.1, -0.05) is 36.4 Å². The molecular weight excluding hydrogens is 438 g/mol. The van der Waals surface area contributed by atoms with E-state index in [1.54, 1.807) is 0 Å². The number of carbonyl (C=O) groups is 1. The highest BCUT2D eigenvalue weighted by atomic mass is 16.2. The number of benzene rings is 1. The van der Waals surface area contributed by atoms with Gasteiger partial charge in [-0.05, 0) is 24.5 Å². The zero-order valence-corrected chi connectivity index (χ0v) is 20.0. The summed E-state index contributed by atoms with van der Waals surface area (Å²) in [6.07, 6.45) is 16.9. The van der Waals surface area contributed by atoms with E-state index in [2.05, 4.69) is 50.1 Å². The van der Waals surface area contributed by atoms with Crippen LogP contribution in [-0.2, 0) is 23.9 Å². The van der Waals surface area contributed by atoms with Gasteiger partial charge in [-0.15, -0.1) is 0 Å². The molecule has 2 fully saturated rings. The minimum Gasteiger partial charge on any atom is -0.365 e. The summed E-state index contributed by atoms with van der Waals surface area (Å²) < 4.78 is 1.86. The molecule has 0 saturated carbocycles. The Balaban J connectivity index is 1.13. The fourth-order valence-electron chi connectivity index (χ4n) is 5.73. The molecular formula is C27H31N7O. The monoisotopic (exact) mass is 469 g/mol. The Kier molecular flexibility index (Phi) is 5.33. The molecule has 2 aromatic heterocycles.